The molecule has 1 aromatic carbocycles. The van der Waals surface area contributed by atoms with Gasteiger partial charge in [-0.15, -0.1) is 0 Å². The Morgan fingerprint density at radius 2 is 1.95 bits per heavy atom. The van der Waals surface area contributed by atoms with Crippen LogP contribution in [0.2, 0.25) is 0 Å². The number of hydrogen-bond donors (Lipinski definition) is 3. The van der Waals surface area contributed by atoms with Crippen LogP contribution in [0.25, 0.3) is 0 Å². The van der Waals surface area contributed by atoms with E-state index in [9.17, 15) is 5.11 Å². The number of aliphatic hydroxyl groups excluding tert-OH is 2. The average molecular weight is 293 g/mol. The predicted octanol–water partition coefficient (Wildman–Crippen LogP) is 1.88. The van der Waals surface area contributed by atoms with Crippen molar-refractivity contribution in [2.24, 2.45) is 0 Å². The molecule has 118 valence electrons. The highest BCUT2D eigenvalue weighted by atomic mass is 16.5. The molecule has 0 heterocycles. The molecule has 4 nitrogen and oxygen atoms in total. The molecule has 1 aromatic rings. The maximum atomic E-state index is 9.54. The summed E-state index contributed by atoms with van der Waals surface area (Å²) in [6.07, 6.45) is 4.96. The summed E-state index contributed by atoms with van der Waals surface area (Å²) in [4.78, 5) is 0. The second-order valence-corrected chi connectivity index (χ2v) is 6.21. The van der Waals surface area contributed by atoms with Crippen molar-refractivity contribution in [3.05, 3.63) is 29.8 Å². The van der Waals surface area contributed by atoms with Crippen molar-refractivity contribution in [2.45, 2.75) is 50.6 Å². The Bertz CT molecular complexity index is 417. The van der Waals surface area contributed by atoms with Crippen molar-refractivity contribution in [3.8, 4) is 5.75 Å². The minimum absolute atomic E-state index is 0.166. The summed E-state index contributed by atoms with van der Waals surface area (Å²) in [6, 6.07) is 8.45. The third-order valence-electron chi connectivity index (χ3n) is 3.94. The van der Waals surface area contributed by atoms with Gasteiger partial charge in [0.15, 0.2) is 0 Å². The van der Waals surface area contributed by atoms with Crippen molar-refractivity contribution in [2.75, 3.05) is 19.8 Å². The number of hydrogen-bond acceptors (Lipinski definition) is 4. The Morgan fingerprint density at radius 3 is 2.52 bits per heavy atom. The third-order valence-corrected chi connectivity index (χ3v) is 3.94. The van der Waals surface area contributed by atoms with Gasteiger partial charge in [0.1, 0.15) is 5.75 Å². The zero-order valence-corrected chi connectivity index (χ0v) is 12.8. The molecule has 0 radical (unpaired) electrons. The molecule has 4 heteroatoms. The number of ether oxygens (including phenoxy) is 1. The van der Waals surface area contributed by atoms with E-state index in [0.29, 0.717) is 19.1 Å². The van der Waals surface area contributed by atoms with Gasteiger partial charge in [-0.25, -0.2) is 0 Å². The fraction of sp³-hybridized carbons (Fsp3) is 0.647. The fourth-order valence-electron chi connectivity index (χ4n) is 2.45. The molecule has 2 rings (SSSR count). The summed E-state index contributed by atoms with van der Waals surface area (Å²) in [5, 5.41) is 21.9. The SMILES string of the molecule is CC(CO)(CCCOc1ccc(CCO)cc1)NC1CC1. The van der Waals surface area contributed by atoms with E-state index in [1.807, 2.05) is 24.3 Å². The van der Waals surface area contributed by atoms with Crippen molar-refractivity contribution >= 4 is 0 Å². The van der Waals surface area contributed by atoms with Crippen LogP contribution in [0.5, 0.6) is 5.75 Å². The van der Waals surface area contributed by atoms with Crippen LogP contribution < -0.4 is 10.1 Å². The van der Waals surface area contributed by atoms with E-state index in [4.69, 9.17) is 9.84 Å². The first-order chi connectivity index (χ1) is 10.1. The van der Waals surface area contributed by atoms with Crippen LogP contribution >= 0.6 is 0 Å². The summed E-state index contributed by atoms with van der Waals surface area (Å²) >= 11 is 0. The lowest BCUT2D eigenvalue weighted by Gasteiger charge is -2.29. The second kappa shape index (κ2) is 7.78. The first kappa shape index (κ1) is 16.3. The Labute approximate surface area is 127 Å². The molecule has 0 bridgehead atoms. The van der Waals surface area contributed by atoms with E-state index >= 15 is 0 Å². The molecule has 0 amide bonds. The van der Waals surface area contributed by atoms with Gasteiger partial charge < -0.3 is 20.3 Å². The largest absolute Gasteiger partial charge is 0.494 e. The zero-order chi connectivity index (χ0) is 15.1. The quantitative estimate of drug-likeness (QED) is 0.577. The second-order valence-electron chi connectivity index (χ2n) is 6.21. The maximum absolute atomic E-state index is 9.54. The van der Waals surface area contributed by atoms with Crippen molar-refractivity contribution in [1.82, 2.24) is 5.32 Å². The molecular formula is C17H27NO3. The summed E-state index contributed by atoms with van der Waals surface area (Å²) in [6.45, 7) is 3.07. The van der Waals surface area contributed by atoms with Crippen LogP contribution in [-0.2, 0) is 6.42 Å². The van der Waals surface area contributed by atoms with Gasteiger partial charge in [0.05, 0.1) is 13.2 Å². The molecule has 0 saturated heterocycles. The molecule has 1 fully saturated rings. The van der Waals surface area contributed by atoms with E-state index in [2.05, 4.69) is 12.2 Å². The summed E-state index contributed by atoms with van der Waals surface area (Å²) < 4.78 is 5.73. The molecule has 21 heavy (non-hydrogen) atoms. The minimum Gasteiger partial charge on any atom is -0.494 e. The Morgan fingerprint density at radius 1 is 1.24 bits per heavy atom. The van der Waals surface area contributed by atoms with E-state index in [1.165, 1.54) is 12.8 Å². The van der Waals surface area contributed by atoms with Gasteiger partial charge in [0.25, 0.3) is 0 Å². The number of rotatable bonds is 10. The summed E-state index contributed by atoms with van der Waals surface area (Å²) in [5.41, 5.74) is 0.932. The molecule has 1 aliphatic carbocycles. The highest BCUT2D eigenvalue weighted by molar-refractivity contribution is 5.27. The lowest BCUT2D eigenvalue weighted by atomic mass is 9.97. The normalized spacial score (nSPS) is 17.5. The van der Waals surface area contributed by atoms with Crippen LogP contribution in [0.3, 0.4) is 0 Å². The van der Waals surface area contributed by atoms with Crippen LogP contribution in [0, 0.1) is 0 Å². The molecule has 1 aliphatic rings. The first-order valence-electron chi connectivity index (χ1n) is 7.86. The summed E-state index contributed by atoms with van der Waals surface area (Å²) in [5.74, 6) is 0.859. The number of nitrogens with one attached hydrogen (secondary N) is 1. The van der Waals surface area contributed by atoms with Gasteiger partial charge in [-0.2, -0.15) is 0 Å². The van der Waals surface area contributed by atoms with Crippen LogP contribution in [0.4, 0.5) is 0 Å². The zero-order valence-electron chi connectivity index (χ0n) is 12.8. The van der Waals surface area contributed by atoms with Gasteiger partial charge >= 0.3 is 0 Å². The smallest absolute Gasteiger partial charge is 0.119 e. The topological polar surface area (TPSA) is 61.7 Å². The van der Waals surface area contributed by atoms with Crippen molar-refractivity contribution < 1.29 is 14.9 Å². The van der Waals surface area contributed by atoms with Gasteiger partial charge in [-0.1, -0.05) is 12.1 Å². The Kier molecular flexibility index (Phi) is 6.03. The Balaban J connectivity index is 1.68. The molecule has 3 N–H and O–H groups in total. The molecule has 1 atom stereocenters. The van der Waals surface area contributed by atoms with Crippen molar-refractivity contribution in [3.63, 3.8) is 0 Å². The Hall–Kier alpha value is -1.10. The minimum atomic E-state index is -0.185. The van der Waals surface area contributed by atoms with Crippen LogP contribution in [0.1, 0.15) is 38.2 Å². The predicted molar refractivity (Wildman–Crippen MR) is 83.6 cm³/mol. The summed E-state index contributed by atoms with van der Waals surface area (Å²) in [7, 11) is 0. The highest BCUT2D eigenvalue weighted by Crippen LogP contribution is 2.24. The van der Waals surface area contributed by atoms with E-state index < -0.39 is 0 Å². The highest BCUT2D eigenvalue weighted by Gasteiger charge is 2.31. The van der Waals surface area contributed by atoms with E-state index in [0.717, 1.165) is 24.2 Å². The molecular weight excluding hydrogens is 266 g/mol. The molecule has 1 saturated carbocycles. The van der Waals surface area contributed by atoms with Gasteiger partial charge in [-0.3, -0.25) is 0 Å². The standard InChI is InChI=1S/C17H27NO3/c1-17(13-20,18-15-5-6-15)10-2-12-21-16-7-3-14(4-8-16)9-11-19/h3-4,7-8,15,18-20H,2,5-6,9-13H2,1H3. The third kappa shape index (κ3) is 5.65. The van der Waals surface area contributed by atoms with Gasteiger partial charge in [-0.05, 0) is 56.7 Å². The van der Waals surface area contributed by atoms with Crippen molar-refractivity contribution in [1.29, 1.82) is 0 Å². The van der Waals surface area contributed by atoms with Gasteiger partial charge in [0.2, 0.25) is 0 Å². The lowest BCUT2D eigenvalue weighted by Crippen LogP contribution is -2.47. The maximum Gasteiger partial charge on any atom is 0.119 e. The van der Waals surface area contributed by atoms with Crippen LogP contribution in [-0.4, -0.2) is 41.6 Å². The molecule has 0 aliphatic heterocycles. The molecule has 0 aromatic heterocycles. The van der Waals surface area contributed by atoms with E-state index in [-0.39, 0.29) is 18.8 Å². The lowest BCUT2D eigenvalue weighted by molar-refractivity contribution is 0.154. The van der Waals surface area contributed by atoms with Gasteiger partial charge in [0, 0.05) is 18.2 Å². The molecule has 1 unspecified atom stereocenters. The van der Waals surface area contributed by atoms with E-state index in [1.54, 1.807) is 0 Å². The fourth-order valence-corrected chi connectivity index (χ4v) is 2.45. The average Bonchev–Trinajstić information content (AvgIpc) is 3.29. The number of benzene rings is 1. The number of aliphatic hydroxyl groups is 2. The first-order valence-corrected chi connectivity index (χ1v) is 7.86. The van der Waals surface area contributed by atoms with Crippen LogP contribution in [0.15, 0.2) is 24.3 Å². The monoisotopic (exact) mass is 293 g/mol. The molecule has 0 spiro atoms.